The van der Waals surface area contributed by atoms with Gasteiger partial charge in [-0.05, 0) is 76.1 Å². The summed E-state index contributed by atoms with van der Waals surface area (Å²) in [5, 5.41) is 11.2. The molecule has 0 amide bonds. The summed E-state index contributed by atoms with van der Waals surface area (Å²) in [4.78, 5) is 15.6. The molecular formula is C53H30N4O2. The Balaban J connectivity index is 1.14. The van der Waals surface area contributed by atoms with Gasteiger partial charge >= 0.3 is 0 Å². The molecule has 0 spiro atoms. The van der Waals surface area contributed by atoms with Crippen molar-refractivity contribution in [2.45, 2.75) is 0 Å². The Morgan fingerprint density at radius 1 is 0.339 bits per heavy atom. The SMILES string of the molecule is c1ccc(-c2nc(-c3ccc4c(c3)oc3ccccc34)nc(-c3cc(-n4c5ccccc5c5cc6ccccc6cc54)c4oc5ccc6ccccc6c5c4c3)n2)cc1. The van der Waals surface area contributed by atoms with E-state index in [1.807, 2.05) is 54.6 Å². The molecule has 13 rings (SSSR count). The number of aromatic nitrogens is 4. The van der Waals surface area contributed by atoms with Crippen LogP contribution in [0.15, 0.2) is 191 Å². The molecule has 6 heteroatoms. The molecule has 0 bridgehead atoms. The molecule has 0 N–H and O–H groups in total. The average molecular weight is 755 g/mol. The van der Waals surface area contributed by atoms with Gasteiger partial charge in [-0.25, -0.2) is 15.0 Å². The van der Waals surface area contributed by atoms with Gasteiger partial charge in [-0.2, -0.15) is 0 Å². The molecule has 9 aromatic carbocycles. The first-order valence-electron chi connectivity index (χ1n) is 19.8. The lowest BCUT2D eigenvalue weighted by atomic mass is 10.0. The van der Waals surface area contributed by atoms with Crippen molar-refractivity contribution in [2.75, 3.05) is 0 Å². The van der Waals surface area contributed by atoms with E-state index in [1.165, 1.54) is 21.5 Å². The third kappa shape index (κ3) is 4.84. The minimum Gasteiger partial charge on any atom is -0.456 e. The third-order valence-corrected chi connectivity index (χ3v) is 11.8. The van der Waals surface area contributed by atoms with Crippen LogP contribution < -0.4 is 0 Å². The monoisotopic (exact) mass is 754 g/mol. The van der Waals surface area contributed by atoms with E-state index >= 15 is 0 Å². The Labute approximate surface area is 336 Å². The molecule has 0 aliphatic rings. The number of hydrogen-bond acceptors (Lipinski definition) is 5. The van der Waals surface area contributed by atoms with Gasteiger partial charge in [0, 0.05) is 49.0 Å². The maximum atomic E-state index is 6.96. The molecule has 4 heterocycles. The van der Waals surface area contributed by atoms with Crippen molar-refractivity contribution in [2.24, 2.45) is 0 Å². The summed E-state index contributed by atoms with van der Waals surface area (Å²) in [7, 11) is 0. The van der Waals surface area contributed by atoms with Gasteiger partial charge in [-0.15, -0.1) is 0 Å². The molecule has 0 saturated heterocycles. The van der Waals surface area contributed by atoms with E-state index in [-0.39, 0.29) is 0 Å². The second-order valence-electron chi connectivity index (χ2n) is 15.2. The Morgan fingerprint density at radius 2 is 1.00 bits per heavy atom. The van der Waals surface area contributed by atoms with E-state index in [1.54, 1.807) is 0 Å². The lowest BCUT2D eigenvalue weighted by Crippen LogP contribution is -2.01. The molecule has 4 aromatic heterocycles. The fraction of sp³-hybridized carbons (Fsp3) is 0. The molecule has 0 unspecified atom stereocenters. The van der Waals surface area contributed by atoms with Gasteiger partial charge in [-0.3, -0.25) is 0 Å². The number of rotatable bonds is 4. The maximum absolute atomic E-state index is 6.96. The van der Waals surface area contributed by atoms with Gasteiger partial charge < -0.3 is 13.4 Å². The summed E-state index contributed by atoms with van der Waals surface area (Å²) >= 11 is 0. The van der Waals surface area contributed by atoms with Crippen LogP contribution >= 0.6 is 0 Å². The summed E-state index contributed by atoms with van der Waals surface area (Å²) in [5.41, 5.74) is 8.92. The van der Waals surface area contributed by atoms with Crippen molar-refractivity contribution in [1.82, 2.24) is 19.5 Å². The van der Waals surface area contributed by atoms with Crippen LogP contribution in [0.2, 0.25) is 0 Å². The van der Waals surface area contributed by atoms with Gasteiger partial charge in [0.1, 0.15) is 16.7 Å². The van der Waals surface area contributed by atoms with Crippen LogP contribution in [0.1, 0.15) is 0 Å². The molecule has 0 fully saturated rings. The first kappa shape index (κ1) is 32.0. The lowest BCUT2D eigenvalue weighted by molar-refractivity contribution is 0.666. The highest BCUT2D eigenvalue weighted by Crippen LogP contribution is 2.43. The largest absolute Gasteiger partial charge is 0.456 e. The quantitative estimate of drug-likeness (QED) is 0.179. The fourth-order valence-electron chi connectivity index (χ4n) is 9.06. The zero-order valence-electron chi connectivity index (χ0n) is 31.4. The topological polar surface area (TPSA) is 69.9 Å². The number of hydrogen-bond donors (Lipinski definition) is 0. The number of para-hydroxylation sites is 2. The summed E-state index contributed by atoms with van der Waals surface area (Å²) in [6.07, 6.45) is 0. The summed E-state index contributed by atoms with van der Waals surface area (Å²) in [5.74, 6) is 1.70. The van der Waals surface area contributed by atoms with Gasteiger partial charge in [0.25, 0.3) is 0 Å². The van der Waals surface area contributed by atoms with Crippen LogP contribution in [-0.4, -0.2) is 19.5 Å². The Bertz CT molecular complexity index is 3860. The van der Waals surface area contributed by atoms with Crippen molar-refractivity contribution in [3.05, 3.63) is 182 Å². The van der Waals surface area contributed by atoms with Crippen LogP contribution in [0.4, 0.5) is 0 Å². The van der Waals surface area contributed by atoms with Crippen LogP contribution in [0.5, 0.6) is 0 Å². The zero-order valence-corrected chi connectivity index (χ0v) is 31.4. The minimum atomic E-state index is 0.558. The molecule has 13 aromatic rings. The van der Waals surface area contributed by atoms with Crippen LogP contribution in [-0.2, 0) is 0 Å². The third-order valence-electron chi connectivity index (χ3n) is 11.8. The molecule has 0 aliphatic heterocycles. The molecular weight excluding hydrogens is 725 g/mol. The van der Waals surface area contributed by atoms with E-state index in [4.69, 9.17) is 23.8 Å². The molecule has 274 valence electrons. The van der Waals surface area contributed by atoms with E-state index in [2.05, 4.69) is 132 Å². The highest BCUT2D eigenvalue weighted by molar-refractivity contribution is 6.22. The van der Waals surface area contributed by atoms with Crippen LogP contribution in [0, 0.1) is 0 Å². The molecule has 0 aliphatic carbocycles. The second-order valence-corrected chi connectivity index (χ2v) is 15.2. The standard InChI is InChI=1S/C53H30N4O2/c1-2-13-32(14-3-1)51-54-52(35-22-24-40-39-19-9-11-21-46(39)58-48(40)30-35)56-53(55-51)36-27-42-49-37-17-7-6-12-31(37)23-25-47(49)59-50(42)45(29-36)57-43-20-10-8-18-38(43)41-26-33-15-4-5-16-34(33)28-44(41)57/h1-30H. The van der Waals surface area contributed by atoms with Crippen LogP contribution in [0.25, 0.3) is 127 Å². The molecule has 6 nitrogen and oxygen atoms in total. The molecule has 0 saturated carbocycles. The molecule has 59 heavy (non-hydrogen) atoms. The summed E-state index contributed by atoms with van der Waals surface area (Å²) < 4.78 is 15.6. The smallest absolute Gasteiger partial charge is 0.164 e. The maximum Gasteiger partial charge on any atom is 0.164 e. The fourth-order valence-corrected chi connectivity index (χ4v) is 9.06. The normalized spacial score (nSPS) is 12.1. The summed E-state index contributed by atoms with van der Waals surface area (Å²) in [6.45, 7) is 0. The first-order chi connectivity index (χ1) is 29.2. The predicted molar refractivity (Wildman–Crippen MR) is 240 cm³/mol. The minimum absolute atomic E-state index is 0.558. The van der Waals surface area contributed by atoms with E-state index in [9.17, 15) is 0 Å². The van der Waals surface area contributed by atoms with E-state index < -0.39 is 0 Å². The van der Waals surface area contributed by atoms with E-state index in [0.29, 0.717) is 17.5 Å². The van der Waals surface area contributed by atoms with Gasteiger partial charge in [0.15, 0.2) is 23.1 Å². The lowest BCUT2D eigenvalue weighted by Gasteiger charge is -2.13. The first-order valence-corrected chi connectivity index (χ1v) is 19.8. The van der Waals surface area contributed by atoms with Crippen molar-refractivity contribution in [1.29, 1.82) is 0 Å². The number of benzene rings is 9. The van der Waals surface area contributed by atoms with Crippen molar-refractivity contribution < 1.29 is 8.83 Å². The Kier molecular flexibility index (Phi) is 6.63. The Morgan fingerprint density at radius 3 is 1.85 bits per heavy atom. The zero-order chi connectivity index (χ0) is 38.6. The van der Waals surface area contributed by atoms with Crippen molar-refractivity contribution >= 4 is 87.2 Å². The average Bonchev–Trinajstić information content (AvgIpc) is 3.97. The number of nitrogens with zero attached hydrogens (tertiary/aromatic N) is 4. The summed E-state index contributed by atoms with van der Waals surface area (Å²) in [6, 6.07) is 63.3. The highest BCUT2D eigenvalue weighted by Gasteiger charge is 2.23. The predicted octanol–water partition coefficient (Wildman–Crippen LogP) is 14.1. The molecule has 0 atom stereocenters. The van der Waals surface area contributed by atoms with Crippen LogP contribution in [0.3, 0.4) is 0 Å². The second kappa shape index (κ2) is 12.2. The van der Waals surface area contributed by atoms with Gasteiger partial charge in [-0.1, -0.05) is 127 Å². The van der Waals surface area contributed by atoms with Gasteiger partial charge in [0.05, 0.1) is 16.7 Å². The Hall–Kier alpha value is -8.09. The molecule has 0 radical (unpaired) electrons. The van der Waals surface area contributed by atoms with Crippen molar-refractivity contribution in [3.8, 4) is 39.9 Å². The number of fused-ring (bicyclic) bond motifs is 12. The highest BCUT2D eigenvalue weighted by atomic mass is 16.3. The van der Waals surface area contributed by atoms with E-state index in [0.717, 1.165) is 88.1 Å². The number of furan rings is 2. The van der Waals surface area contributed by atoms with Gasteiger partial charge in [0.2, 0.25) is 0 Å². The van der Waals surface area contributed by atoms with Crippen molar-refractivity contribution in [3.63, 3.8) is 0 Å².